The maximum absolute atomic E-state index is 13.9. The molecule has 0 aromatic heterocycles. The molecule has 0 fully saturated rings. The van der Waals surface area contributed by atoms with Crippen molar-refractivity contribution in [3.63, 3.8) is 0 Å². The standard InChI is InChI=1S/C52H87N17O23S/c1-21(2)16-30(65-42(82)25(53)17-34(54)72)46(86)68-33(20-70)49(89)62-26(8-7-14-58-52(56)57)43(83)67-32(19-38(78)79)48(88)69-39(24(5)71)50(90)60-22(3)40(80)59-23(4)41(81)61-27(9-11-36(74)75)44(84)63-28(13-15-93-6)45(85)66-31(18-35(55)73)47(87)64-29(51(91)92)10-12-37(76)77/h21-33,39,70-71H,7-20,53H2,1-6H3,(H2,54,72)(H2,55,73)(H,59,80)(H,60,90)(H,61,81)(H,62,89)(H,63,84)(H,64,87)(H,65,82)(H,66,85)(H,67,83)(H,68,86)(H,69,88)(H,74,75)(H,76,77)(H,78,79)(H,91,92)(H4,56,57,58)/t22-,23-,24+,25-,26-,27-,28-,29+,30-,31-,32-,33-,39-/m0/s1. The molecule has 40 nitrogen and oxygen atoms in total. The molecule has 13 amide bonds. The molecule has 524 valence electrons. The Kier molecular flexibility index (Phi) is 38.2. The van der Waals surface area contributed by atoms with Crippen molar-refractivity contribution in [1.82, 2.24) is 58.5 Å². The van der Waals surface area contributed by atoms with Crippen molar-refractivity contribution in [2.24, 2.45) is 39.6 Å². The number of aliphatic carboxylic acids is 4. The van der Waals surface area contributed by atoms with Crippen molar-refractivity contribution in [3.8, 4) is 0 Å². The lowest BCUT2D eigenvalue weighted by Crippen LogP contribution is -2.62. The summed E-state index contributed by atoms with van der Waals surface area (Å²) in [5.74, 6) is -21.8. The molecule has 0 unspecified atom stereocenters. The molecule has 41 heteroatoms. The van der Waals surface area contributed by atoms with Crippen LogP contribution < -0.4 is 87.2 Å². The first kappa shape index (κ1) is 83.5. The Morgan fingerprint density at radius 2 is 0.817 bits per heavy atom. The van der Waals surface area contributed by atoms with E-state index in [0.717, 1.165) is 20.8 Å². The number of amides is 13. The van der Waals surface area contributed by atoms with Crippen LogP contribution in [0.3, 0.4) is 0 Å². The van der Waals surface area contributed by atoms with Gasteiger partial charge in [-0.05, 0) is 77.2 Å². The number of carbonyl (C=O) groups is 17. The zero-order valence-electron chi connectivity index (χ0n) is 51.8. The van der Waals surface area contributed by atoms with Gasteiger partial charge in [0.25, 0.3) is 0 Å². The molecule has 0 saturated carbocycles. The summed E-state index contributed by atoms with van der Waals surface area (Å²) in [7, 11) is 0. The Labute approximate surface area is 536 Å². The summed E-state index contributed by atoms with van der Waals surface area (Å²) in [6.45, 7) is 5.24. The number of nitrogens with zero attached hydrogens (tertiary/aromatic N) is 1. The van der Waals surface area contributed by atoms with E-state index in [2.05, 4.69) is 58.2 Å². The average Bonchev–Trinajstić information content (AvgIpc) is 0.947. The van der Waals surface area contributed by atoms with E-state index in [-0.39, 0.29) is 49.9 Å². The van der Waals surface area contributed by atoms with Crippen LogP contribution in [-0.4, -0.2) is 241 Å². The van der Waals surface area contributed by atoms with E-state index in [1.807, 2.05) is 5.32 Å². The van der Waals surface area contributed by atoms with E-state index < -0.39 is 231 Å². The predicted molar refractivity (Wildman–Crippen MR) is 323 cm³/mol. The molecule has 0 rings (SSSR count). The van der Waals surface area contributed by atoms with Gasteiger partial charge >= 0.3 is 23.9 Å². The van der Waals surface area contributed by atoms with E-state index in [1.165, 1.54) is 11.8 Å². The van der Waals surface area contributed by atoms with E-state index in [1.54, 1.807) is 20.1 Å². The van der Waals surface area contributed by atoms with Crippen LogP contribution in [0, 0.1) is 5.92 Å². The Bertz CT molecular complexity index is 2720. The summed E-state index contributed by atoms with van der Waals surface area (Å²) in [5.41, 5.74) is 26.9. The van der Waals surface area contributed by atoms with Crippen LogP contribution in [0.25, 0.3) is 0 Å². The molecule has 0 bridgehead atoms. The van der Waals surface area contributed by atoms with Gasteiger partial charge < -0.3 is 118 Å². The number of hydrogen-bond donors (Lipinski definition) is 22. The Morgan fingerprint density at radius 1 is 0.430 bits per heavy atom. The lowest BCUT2D eigenvalue weighted by Gasteiger charge is -2.28. The first-order valence-electron chi connectivity index (χ1n) is 28.6. The maximum Gasteiger partial charge on any atom is 0.326 e. The van der Waals surface area contributed by atoms with Crippen LogP contribution in [0.5, 0.6) is 0 Å². The summed E-state index contributed by atoms with van der Waals surface area (Å²) in [6.07, 6.45) is -6.30. The van der Waals surface area contributed by atoms with Gasteiger partial charge in [-0.2, -0.15) is 11.8 Å². The number of carbonyl (C=O) groups excluding carboxylic acids is 13. The fourth-order valence-corrected chi connectivity index (χ4v) is 8.45. The molecule has 0 radical (unpaired) electrons. The van der Waals surface area contributed by atoms with E-state index in [9.17, 15) is 107 Å². The molecule has 0 aromatic carbocycles. The van der Waals surface area contributed by atoms with E-state index in [4.69, 9.17) is 33.8 Å². The van der Waals surface area contributed by atoms with E-state index in [0.29, 0.717) is 0 Å². The normalized spacial score (nSPS) is 15.1. The van der Waals surface area contributed by atoms with Crippen LogP contribution in [0.15, 0.2) is 4.99 Å². The number of thioether (sulfide) groups is 1. The first-order chi connectivity index (χ1) is 43.2. The van der Waals surface area contributed by atoms with Gasteiger partial charge in [-0.15, -0.1) is 0 Å². The highest BCUT2D eigenvalue weighted by molar-refractivity contribution is 7.98. The van der Waals surface area contributed by atoms with Gasteiger partial charge in [0.2, 0.25) is 76.8 Å². The number of primary amides is 2. The molecule has 0 aliphatic carbocycles. The summed E-state index contributed by atoms with van der Waals surface area (Å²) in [5, 5.41) is 82.8. The second kappa shape index (κ2) is 42.5. The van der Waals surface area contributed by atoms with Gasteiger partial charge in [0.1, 0.15) is 66.5 Å². The molecular weight excluding hydrogens is 1260 g/mol. The molecule has 0 aliphatic heterocycles. The fraction of sp³-hybridized carbons (Fsp3) is 0.654. The van der Waals surface area contributed by atoms with Gasteiger partial charge in [-0.25, -0.2) is 4.79 Å². The van der Waals surface area contributed by atoms with E-state index >= 15 is 0 Å². The number of nitrogens with one attached hydrogen (secondary N) is 11. The quantitative estimate of drug-likeness (QED) is 0.0153. The van der Waals surface area contributed by atoms with Crippen LogP contribution in [0.1, 0.15) is 105 Å². The lowest BCUT2D eigenvalue weighted by molar-refractivity contribution is -0.144. The first-order valence-corrected chi connectivity index (χ1v) is 30.0. The minimum atomic E-state index is -2.10. The third kappa shape index (κ3) is 33.9. The van der Waals surface area contributed by atoms with Crippen molar-refractivity contribution in [3.05, 3.63) is 0 Å². The summed E-state index contributed by atoms with van der Waals surface area (Å²) in [4.78, 5) is 222. The molecule has 0 spiro atoms. The topological polar surface area (TPSA) is 686 Å². The SMILES string of the molecule is CSCC[C@H](NC(=O)[C@H](CCC(=O)O)NC(=O)[C@H](C)NC(=O)[C@H](C)NC(=O)[C@@H](NC(=O)[C@H](CC(=O)O)NC(=O)[C@H](CCCN=C(N)N)NC(=O)[C@H](CO)NC(=O)[C@H](CC(C)C)NC(=O)[C@@H](N)CC(N)=O)[C@@H](C)O)C(=O)N[C@@H](CC(N)=O)C(=O)N[C@H](CCC(=O)O)C(=O)O. The Balaban J connectivity index is 6.51. The van der Waals surface area contributed by atoms with Gasteiger partial charge in [-0.1, -0.05) is 13.8 Å². The molecule has 93 heavy (non-hydrogen) atoms. The molecule has 0 saturated heterocycles. The van der Waals surface area contributed by atoms with Gasteiger partial charge in [0.15, 0.2) is 5.96 Å². The zero-order chi connectivity index (χ0) is 71.6. The number of aliphatic hydroxyl groups is 2. The number of aliphatic imine (C=N–C) groups is 1. The highest BCUT2D eigenvalue weighted by Gasteiger charge is 2.38. The third-order valence-corrected chi connectivity index (χ3v) is 13.5. The predicted octanol–water partition coefficient (Wildman–Crippen LogP) is -10.0. The number of carboxylic acid groups (broad SMARTS) is 4. The number of hydrogen-bond acceptors (Lipinski definition) is 22. The smallest absolute Gasteiger partial charge is 0.326 e. The van der Waals surface area contributed by atoms with Gasteiger partial charge in [0.05, 0.1) is 38.0 Å². The van der Waals surface area contributed by atoms with Gasteiger partial charge in [0, 0.05) is 19.4 Å². The van der Waals surface area contributed by atoms with Crippen LogP contribution in [-0.2, 0) is 81.5 Å². The van der Waals surface area contributed by atoms with Crippen molar-refractivity contribution in [1.29, 1.82) is 0 Å². The Morgan fingerprint density at radius 3 is 1.27 bits per heavy atom. The summed E-state index contributed by atoms with van der Waals surface area (Å²) in [6, 6.07) is -20.8. The lowest BCUT2D eigenvalue weighted by atomic mass is 10.0. The second-order valence-electron chi connectivity index (χ2n) is 21.5. The van der Waals surface area contributed by atoms with Crippen LogP contribution in [0.2, 0.25) is 0 Å². The molecule has 27 N–H and O–H groups in total. The van der Waals surface area contributed by atoms with Gasteiger partial charge in [-0.3, -0.25) is 81.7 Å². The van der Waals surface area contributed by atoms with Crippen molar-refractivity contribution in [2.75, 3.05) is 25.2 Å². The number of aliphatic hydroxyl groups excluding tert-OH is 2. The molecule has 0 heterocycles. The molecule has 0 aliphatic rings. The largest absolute Gasteiger partial charge is 0.481 e. The maximum atomic E-state index is 13.9. The average molecular weight is 1350 g/mol. The minimum absolute atomic E-state index is 0.0422. The number of guanidine groups is 1. The molecule has 0 aromatic rings. The number of rotatable bonds is 46. The second-order valence-corrected chi connectivity index (χ2v) is 22.5. The molecular formula is C52H87N17O23S. The van der Waals surface area contributed by atoms with Crippen molar-refractivity contribution in [2.45, 2.75) is 184 Å². The van der Waals surface area contributed by atoms with Crippen molar-refractivity contribution < 1.29 is 112 Å². The Hall–Kier alpha value is -9.51. The number of nitrogens with two attached hydrogens (primary N) is 5. The highest BCUT2D eigenvalue weighted by Crippen LogP contribution is 2.11. The monoisotopic (exact) mass is 1350 g/mol. The number of carboxylic acids is 4. The zero-order valence-corrected chi connectivity index (χ0v) is 52.7. The highest BCUT2D eigenvalue weighted by atomic mass is 32.2. The van der Waals surface area contributed by atoms with Crippen molar-refractivity contribution >= 4 is 118 Å². The minimum Gasteiger partial charge on any atom is -0.481 e. The third-order valence-electron chi connectivity index (χ3n) is 12.9. The summed E-state index contributed by atoms with van der Waals surface area (Å²) >= 11 is 1.18. The summed E-state index contributed by atoms with van der Waals surface area (Å²) < 4.78 is 0. The van der Waals surface area contributed by atoms with Crippen LogP contribution >= 0.6 is 11.8 Å². The van der Waals surface area contributed by atoms with Crippen LogP contribution in [0.4, 0.5) is 0 Å². The molecule has 13 atom stereocenters. The fourth-order valence-electron chi connectivity index (χ4n) is 7.98.